The molecule has 1 aliphatic rings. The van der Waals surface area contributed by atoms with Gasteiger partial charge in [-0.1, -0.05) is 0 Å². The lowest BCUT2D eigenvalue weighted by Gasteiger charge is -2.36. The zero-order valence-corrected chi connectivity index (χ0v) is 10.7. The van der Waals surface area contributed by atoms with Gasteiger partial charge < -0.3 is 5.32 Å². The first-order valence-corrected chi connectivity index (χ1v) is 6.36. The SMILES string of the molecule is N#CC1(Nc2ccc(F)cc2)CCC(C(F)(F)F)CC1. The summed E-state index contributed by atoms with van der Waals surface area (Å²) in [6.45, 7) is 0. The standard InChI is InChI=1S/C14H14F4N2/c15-11-1-3-12(4-2-11)20-13(9-19)7-5-10(6-8-13)14(16,17)18/h1-4,10,20H,5-8H2. The van der Waals surface area contributed by atoms with Crippen molar-refractivity contribution < 1.29 is 17.6 Å². The average Bonchev–Trinajstić information content (AvgIpc) is 2.41. The molecular formula is C14H14F4N2. The van der Waals surface area contributed by atoms with Gasteiger partial charge in [0.15, 0.2) is 0 Å². The Hall–Kier alpha value is -1.77. The Bertz CT molecular complexity index is 493. The summed E-state index contributed by atoms with van der Waals surface area (Å²) in [5.41, 5.74) is -0.460. The molecule has 6 heteroatoms. The zero-order chi connectivity index (χ0) is 14.8. The van der Waals surface area contributed by atoms with E-state index in [9.17, 15) is 22.8 Å². The van der Waals surface area contributed by atoms with Crippen molar-refractivity contribution in [3.63, 3.8) is 0 Å². The fraction of sp³-hybridized carbons (Fsp3) is 0.500. The first-order valence-electron chi connectivity index (χ1n) is 6.36. The molecule has 0 spiro atoms. The first kappa shape index (κ1) is 14.6. The molecule has 108 valence electrons. The van der Waals surface area contributed by atoms with Crippen LogP contribution in [0.2, 0.25) is 0 Å². The minimum atomic E-state index is -4.20. The molecule has 20 heavy (non-hydrogen) atoms. The fourth-order valence-corrected chi connectivity index (χ4v) is 2.51. The van der Waals surface area contributed by atoms with Crippen LogP contribution in [0.3, 0.4) is 0 Å². The van der Waals surface area contributed by atoms with Gasteiger partial charge >= 0.3 is 6.18 Å². The molecule has 1 aromatic rings. The Morgan fingerprint density at radius 1 is 1.15 bits per heavy atom. The molecule has 1 aliphatic carbocycles. The van der Waals surface area contributed by atoms with E-state index in [0.717, 1.165) is 0 Å². The lowest BCUT2D eigenvalue weighted by atomic mass is 9.77. The summed E-state index contributed by atoms with van der Waals surface area (Å²) in [5, 5.41) is 12.2. The number of nitriles is 1. The number of rotatable bonds is 2. The van der Waals surface area contributed by atoms with Crippen LogP contribution < -0.4 is 5.32 Å². The van der Waals surface area contributed by atoms with Gasteiger partial charge in [0.05, 0.1) is 12.0 Å². The van der Waals surface area contributed by atoms with Crippen molar-refractivity contribution in [3.8, 4) is 6.07 Å². The van der Waals surface area contributed by atoms with E-state index in [-0.39, 0.29) is 25.7 Å². The molecule has 0 radical (unpaired) electrons. The van der Waals surface area contributed by atoms with Crippen LogP contribution in [0.25, 0.3) is 0 Å². The van der Waals surface area contributed by atoms with Crippen molar-refractivity contribution >= 4 is 5.69 Å². The van der Waals surface area contributed by atoms with E-state index in [1.807, 2.05) is 0 Å². The Labute approximate surface area is 114 Å². The first-order chi connectivity index (χ1) is 9.35. The highest BCUT2D eigenvalue weighted by atomic mass is 19.4. The van der Waals surface area contributed by atoms with Crippen LogP contribution in [0, 0.1) is 23.1 Å². The maximum absolute atomic E-state index is 12.8. The molecule has 0 heterocycles. The molecule has 1 aromatic carbocycles. The summed E-state index contributed by atoms with van der Waals surface area (Å²) in [7, 11) is 0. The Balaban J connectivity index is 2.06. The van der Waals surface area contributed by atoms with Crippen molar-refractivity contribution in [1.82, 2.24) is 0 Å². The van der Waals surface area contributed by atoms with Gasteiger partial charge in [-0.3, -0.25) is 0 Å². The highest BCUT2D eigenvalue weighted by Crippen LogP contribution is 2.42. The average molecular weight is 286 g/mol. The van der Waals surface area contributed by atoms with Crippen LogP contribution in [0.1, 0.15) is 25.7 Å². The number of hydrogen-bond donors (Lipinski definition) is 1. The molecule has 0 aliphatic heterocycles. The molecule has 0 aromatic heterocycles. The Kier molecular flexibility index (Phi) is 3.89. The normalized spacial score (nSPS) is 26.9. The smallest absolute Gasteiger partial charge is 0.367 e. The Morgan fingerprint density at radius 2 is 1.70 bits per heavy atom. The minimum Gasteiger partial charge on any atom is -0.367 e. The van der Waals surface area contributed by atoms with Gasteiger partial charge in [-0.25, -0.2) is 4.39 Å². The number of alkyl halides is 3. The topological polar surface area (TPSA) is 35.8 Å². The number of hydrogen-bond acceptors (Lipinski definition) is 2. The van der Waals surface area contributed by atoms with Crippen molar-refractivity contribution in [2.45, 2.75) is 37.4 Å². The third-order valence-electron chi connectivity index (χ3n) is 3.74. The third kappa shape index (κ3) is 3.21. The van der Waals surface area contributed by atoms with Crippen LogP contribution in [-0.2, 0) is 0 Å². The molecule has 1 fully saturated rings. The quantitative estimate of drug-likeness (QED) is 0.825. The molecule has 1 saturated carbocycles. The van der Waals surface area contributed by atoms with Crippen LogP contribution >= 0.6 is 0 Å². The third-order valence-corrected chi connectivity index (χ3v) is 3.74. The lowest BCUT2D eigenvalue weighted by Crippen LogP contribution is -2.43. The van der Waals surface area contributed by atoms with E-state index < -0.39 is 23.5 Å². The second-order valence-electron chi connectivity index (χ2n) is 5.14. The fourth-order valence-electron chi connectivity index (χ4n) is 2.51. The van der Waals surface area contributed by atoms with Gasteiger partial charge in [-0.05, 0) is 49.9 Å². The minimum absolute atomic E-state index is 0.0642. The number of nitrogens with zero attached hydrogens (tertiary/aromatic N) is 1. The predicted octanol–water partition coefficient (Wildman–Crippen LogP) is 4.25. The monoisotopic (exact) mass is 286 g/mol. The van der Waals surface area contributed by atoms with Crippen LogP contribution in [0.15, 0.2) is 24.3 Å². The van der Waals surface area contributed by atoms with Gasteiger partial charge in [0.2, 0.25) is 0 Å². The summed E-state index contributed by atoms with van der Waals surface area (Å²) >= 11 is 0. The molecule has 2 rings (SSSR count). The van der Waals surface area contributed by atoms with Crippen LogP contribution in [-0.4, -0.2) is 11.7 Å². The molecule has 0 amide bonds. The largest absolute Gasteiger partial charge is 0.391 e. The van der Waals surface area contributed by atoms with Crippen molar-refractivity contribution in [2.24, 2.45) is 5.92 Å². The van der Waals surface area contributed by atoms with E-state index in [1.165, 1.54) is 24.3 Å². The molecule has 1 N–H and O–H groups in total. The summed E-state index contributed by atoms with van der Waals surface area (Å²) in [4.78, 5) is 0. The summed E-state index contributed by atoms with van der Waals surface area (Å²) in [6.07, 6.45) is -4.07. The van der Waals surface area contributed by atoms with Gasteiger partial charge in [0.25, 0.3) is 0 Å². The van der Waals surface area contributed by atoms with Crippen LogP contribution in [0.4, 0.5) is 23.2 Å². The van der Waals surface area contributed by atoms with Gasteiger partial charge in [-0.2, -0.15) is 18.4 Å². The molecule has 0 bridgehead atoms. The second kappa shape index (κ2) is 5.31. The van der Waals surface area contributed by atoms with Gasteiger partial charge in [-0.15, -0.1) is 0 Å². The Morgan fingerprint density at radius 3 is 2.15 bits per heavy atom. The van der Waals surface area contributed by atoms with E-state index in [0.29, 0.717) is 5.69 Å². The summed E-state index contributed by atoms with van der Waals surface area (Å²) in [6, 6.07) is 7.52. The van der Waals surface area contributed by atoms with Crippen molar-refractivity contribution in [2.75, 3.05) is 5.32 Å². The highest BCUT2D eigenvalue weighted by molar-refractivity contribution is 5.47. The molecule has 0 saturated heterocycles. The van der Waals surface area contributed by atoms with Gasteiger partial charge in [0.1, 0.15) is 11.4 Å². The van der Waals surface area contributed by atoms with Crippen molar-refractivity contribution in [3.05, 3.63) is 30.1 Å². The van der Waals surface area contributed by atoms with Gasteiger partial charge in [0, 0.05) is 5.69 Å². The highest BCUT2D eigenvalue weighted by Gasteiger charge is 2.46. The second-order valence-corrected chi connectivity index (χ2v) is 5.14. The maximum atomic E-state index is 12.8. The summed E-state index contributed by atoms with van der Waals surface area (Å²) < 4.78 is 50.7. The van der Waals surface area contributed by atoms with Crippen LogP contribution in [0.5, 0.6) is 0 Å². The van der Waals surface area contributed by atoms with Crippen molar-refractivity contribution in [1.29, 1.82) is 5.26 Å². The number of anilines is 1. The van der Waals surface area contributed by atoms with E-state index in [1.54, 1.807) is 0 Å². The molecule has 0 atom stereocenters. The molecular weight excluding hydrogens is 272 g/mol. The number of halogens is 4. The van der Waals surface area contributed by atoms with E-state index >= 15 is 0 Å². The van der Waals surface area contributed by atoms with E-state index in [2.05, 4.69) is 11.4 Å². The number of nitrogens with one attached hydrogen (secondary N) is 1. The molecule has 0 unspecified atom stereocenters. The summed E-state index contributed by atoms with van der Waals surface area (Å²) in [5.74, 6) is -1.73. The predicted molar refractivity (Wildman–Crippen MR) is 66.4 cm³/mol. The lowest BCUT2D eigenvalue weighted by molar-refractivity contribution is -0.183. The molecule has 2 nitrogen and oxygen atoms in total. The zero-order valence-electron chi connectivity index (χ0n) is 10.7. The van der Waals surface area contributed by atoms with E-state index in [4.69, 9.17) is 0 Å². The maximum Gasteiger partial charge on any atom is 0.391 e. The number of benzene rings is 1.